The van der Waals surface area contributed by atoms with Gasteiger partial charge in [-0.05, 0) is 63.1 Å². The molecule has 0 unspecified atom stereocenters. The minimum Gasteiger partial charge on any atom is -0.393 e. The topological polar surface area (TPSA) is 85.8 Å². The molecule has 0 radical (unpaired) electrons. The van der Waals surface area contributed by atoms with Crippen molar-refractivity contribution in [1.29, 1.82) is 0 Å². The molecule has 148 valence electrons. The van der Waals surface area contributed by atoms with Crippen molar-refractivity contribution in [3.05, 3.63) is 29.8 Å². The van der Waals surface area contributed by atoms with Gasteiger partial charge in [0.25, 0.3) is 0 Å². The lowest BCUT2D eigenvalue weighted by molar-refractivity contribution is -0.122. The van der Waals surface area contributed by atoms with Crippen molar-refractivity contribution < 1.29 is 9.90 Å². The second kappa shape index (κ2) is 9.74. The number of guanidine groups is 1. The average Bonchev–Trinajstić information content (AvgIpc) is 2.60. The van der Waals surface area contributed by atoms with Gasteiger partial charge in [-0.3, -0.25) is 4.79 Å². The minimum atomic E-state index is -0.152. The smallest absolute Gasteiger partial charge is 0.227 e. The van der Waals surface area contributed by atoms with E-state index in [9.17, 15) is 9.90 Å². The highest BCUT2D eigenvalue weighted by molar-refractivity contribution is 5.93. The van der Waals surface area contributed by atoms with E-state index < -0.39 is 0 Å². The van der Waals surface area contributed by atoms with Gasteiger partial charge in [0.15, 0.2) is 5.96 Å². The Morgan fingerprint density at radius 3 is 2.63 bits per heavy atom. The number of aliphatic hydroxyl groups is 1. The number of carbonyl (C=O) groups is 1. The third-order valence-electron chi connectivity index (χ3n) is 5.47. The molecule has 1 amide bonds. The number of anilines is 1. The molecule has 0 atom stereocenters. The molecule has 0 heterocycles. The van der Waals surface area contributed by atoms with E-state index in [1.807, 2.05) is 24.3 Å². The van der Waals surface area contributed by atoms with Crippen LogP contribution in [0.3, 0.4) is 0 Å². The third kappa shape index (κ3) is 5.96. The second-order valence-electron chi connectivity index (χ2n) is 7.66. The maximum Gasteiger partial charge on any atom is 0.227 e. The Morgan fingerprint density at radius 1 is 1.19 bits per heavy atom. The summed E-state index contributed by atoms with van der Waals surface area (Å²) in [6, 6.07) is 8.29. The predicted molar refractivity (Wildman–Crippen MR) is 109 cm³/mol. The van der Waals surface area contributed by atoms with Crippen LogP contribution in [0, 0.1) is 5.92 Å². The number of nitrogens with one attached hydrogen (secondary N) is 3. The Bertz CT molecular complexity index is 649. The number of benzene rings is 1. The Balaban J connectivity index is 1.56. The summed E-state index contributed by atoms with van der Waals surface area (Å²) < 4.78 is 0. The van der Waals surface area contributed by atoms with Crippen LogP contribution in [-0.4, -0.2) is 35.7 Å². The summed E-state index contributed by atoms with van der Waals surface area (Å²) >= 11 is 0. The molecule has 2 aliphatic carbocycles. The molecule has 0 saturated heterocycles. The van der Waals surface area contributed by atoms with Crippen LogP contribution in [-0.2, 0) is 11.3 Å². The van der Waals surface area contributed by atoms with Crippen LogP contribution in [0.2, 0.25) is 0 Å². The summed E-state index contributed by atoms with van der Waals surface area (Å²) in [5, 5.41) is 19.5. The minimum absolute atomic E-state index is 0.136. The largest absolute Gasteiger partial charge is 0.393 e. The predicted octanol–water partition coefficient (Wildman–Crippen LogP) is 2.78. The molecular weight excluding hydrogens is 340 g/mol. The molecule has 1 aromatic carbocycles. The van der Waals surface area contributed by atoms with Gasteiger partial charge in [0.1, 0.15) is 0 Å². The zero-order chi connectivity index (χ0) is 19.1. The van der Waals surface area contributed by atoms with Gasteiger partial charge in [-0.1, -0.05) is 18.6 Å². The van der Waals surface area contributed by atoms with Crippen molar-refractivity contribution in [3.8, 4) is 0 Å². The molecule has 2 fully saturated rings. The van der Waals surface area contributed by atoms with Crippen LogP contribution in [0.25, 0.3) is 0 Å². The lowest BCUT2D eigenvalue weighted by Crippen LogP contribution is -2.45. The fourth-order valence-electron chi connectivity index (χ4n) is 3.57. The van der Waals surface area contributed by atoms with Gasteiger partial charge in [0.05, 0.1) is 12.6 Å². The molecule has 6 heteroatoms. The van der Waals surface area contributed by atoms with Gasteiger partial charge in [-0.2, -0.15) is 0 Å². The van der Waals surface area contributed by atoms with Crippen molar-refractivity contribution in [2.24, 2.45) is 10.9 Å². The van der Waals surface area contributed by atoms with Gasteiger partial charge in [-0.25, -0.2) is 4.99 Å². The van der Waals surface area contributed by atoms with Crippen molar-refractivity contribution in [1.82, 2.24) is 10.6 Å². The molecule has 0 bridgehead atoms. The van der Waals surface area contributed by atoms with Crippen molar-refractivity contribution in [3.63, 3.8) is 0 Å². The van der Waals surface area contributed by atoms with Crippen molar-refractivity contribution in [2.45, 2.75) is 70.6 Å². The number of aliphatic imine (C=N–C) groups is 1. The lowest BCUT2D eigenvalue weighted by Gasteiger charge is -2.27. The van der Waals surface area contributed by atoms with Gasteiger partial charge in [0, 0.05) is 24.2 Å². The number of amides is 1. The molecule has 4 N–H and O–H groups in total. The van der Waals surface area contributed by atoms with E-state index in [4.69, 9.17) is 4.99 Å². The number of rotatable bonds is 6. The molecule has 2 saturated carbocycles. The maximum absolute atomic E-state index is 12.1. The maximum atomic E-state index is 12.1. The second-order valence-corrected chi connectivity index (χ2v) is 7.66. The van der Waals surface area contributed by atoms with Crippen LogP contribution in [0.1, 0.15) is 57.4 Å². The molecule has 0 aromatic heterocycles. The van der Waals surface area contributed by atoms with Crippen molar-refractivity contribution in [2.75, 3.05) is 11.9 Å². The van der Waals surface area contributed by atoms with E-state index in [0.29, 0.717) is 12.6 Å². The normalized spacial score (nSPS) is 23.4. The lowest BCUT2D eigenvalue weighted by atomic mass is 9.85. The van der Waals surface area contributed by atoms with Gasteiger partial charge in [-0.15, -0.1) is 0 Å². The first kappa shape index (κ1) is 19.7. The monoisotopic (exact) mass is 372 g/mol. The Kier molecular flexibility index (Phi) is 7.10. The number of aliphatic hydroxyl groups excluding tert-OH is 1. The molecule has 27 heavy (non-hydrogen) atoms. The van der Waals surface area contributed by atoms with Crippen LogP contribution in [0.5, 0.6) is 0 Å². The van der Waals surface area contributed by atoms with Crippen LogP contribution in [0.15, 0.2) is 29.3 Å². The Labute approximate surface area is 161 Å². The van der Waals surface area contributed by atoms with E-state index in [0.717, 1.165) is 68.7 Å². The van der Waals surface area contributed by atoms with Crippen LogP contribution < -0.4 is 16.0 Å². The highest BCUT2D eigenvalue weighted by atomic mass is 16.3. The molecular formula is C21H32N4O2. The van der Waals surface area contributed by atoms with E-state index in [1.54, 1.807) is 0 Å². The summed E-state index contributed by atoms with van der Waals surface area (Å²) in [5.41, 5.74) is 1.91. The van der Waals surface area contributed by atoms with Crippen LogP contribution >= 0.6 is 0 Å². The summed E-state index contributed by atoms with van der Waals surface area (Å²) in [7, 11) is 0. The first-order chi connectivity index (χ1) is 13.1. The molecule has 0 spiro atoms. The molecule has 6 nitrogen and oxygen atoms in total. The summed E-state index contributed by atoms with van der Waals surface area (Å²) in [4.78, 5) is 16.8. The number of hydrogen-bond donors (Lipinski definition) is 4. The molecule has 1 aromatic rings. The molecule has 3 rings (SSSR count). The number of hydrogen-bond acceptors (Lipinski definition) is 3. The zero-order valence-corrected chi connectivity index (χ0v) is 16.2. The van der Waals surface area contributed by atoms with E-state index in [2.05, 4.69) is 22.9 Å². The van der Waals surface area contributed by atoms with Gasteiger partial charge in [0.2, 0.25) is 5.91 Å². The summed E-state index contributed by atoms with van der Waals surface area (Å²) in [6.45, 7) is 3.41. The Hall–Kier alpha value is -2.08. The van der Waals surface area contributed by atoms with Crippen LogP contribution in [0.4, 0.5) is 5.69 Å². The van der Waals surface area contributed by atoms with E-state index in [1.165, 1.54) is 0 Å². The summed E-state index contributed by atoms with van der Waals surface area (Å²) in [5.74, 6) is 1.13. The first-order valence-electron chi connectivity index (χ1n) is 10.3. The third-order valence-corrected chi connectivity index (χ3v) is 5.47. The highest BCUT2D eigenvalue weighted by Gasteiger charge is 2.25. The van der Waals surface area contributed by atoms with Gasteiger partial charge >= 0.3 is 0 Å². The average molecular weight is 373 g/mol. The number of carbonyl (C=O) groups excluding carboxylic acids is 1. The van der Waals surface area contributed by atoms with Crippen molar-refractivity contribution >= 4 is 17.6 Å². The summed E-state index contributed by atoms with van der Waals surface area (Å²) in [6.07, 6.45) is 6.65. The Morgan fingerprint density at radius 2 is 1.96 bits per heavy atom. The molecule has 2 aliphatic rings. The fourth-order valence-corrected chi connectivity index (χ4v) is 3.57. The standard InChI is InChI=1S/C21H32N4O2/c1-2-22-21(25-17-9-11-19(26)12-10-17)23-14-15-5-3-8-18(13-15)24-20(27)16-6-4-7-16/h3,5,8,13,16-17,19,26H,2,4,6-7,9-12,14H2,1H3,(H,24,27)(H2,22,23,25). The van der Waals surface area contributed by atoms with Gasteiger partial charge < -0.3 is 21.1 Å². The van der Waals surface area contributed by atoms with E-state index in [-0.39, 0.29) is 17.9 Å². The highest BCUT2D eigenvalue weighted by Crippen LogP contribution is 2.27. The number of nitrogens with zero attached hydrogens (tertiary/aromatic N) is 1. The SMILES string of the molecule is CCNC(=NCc1cccc(NC(=O)C2CCC2)c1)NC1CCC(O)CC1. The van der Waals surface area contributed by atoms with E-state index >= 15 is 0 Å². The molecule has 0 aliphatic heterocycles. The zero-order valence-electron chi connectivity index (χ0n) is 16.2. The fraction of sp³-hybridized carbons (Fsp3) is 0.619. The first-order valence-corrected chi connectivity index (χ1v) is 10.3. The quantitative estimate of drug-likeness (QED) is 0.457.